The fourth-order valence-electron chi connectivity index (χ4n) is 6.84. The molecule has 0 atom stereocenters. The van der Waals surface area contributed by atoms with Crippen LogP contribution in [0.5, 0.6) is 0 Å². The van der Waals surface area contributed by atoms with Gasteiger partial charge >= 0.3 is 0 Å². The Labute approximate surface area is 226 Å². The van der Waals surface area contributed by atoms with Crippen LogP contribution in [0.4, 0.5) is 0 Å². The molecule has 200 valence electrons. The molecule has 0 radical (unpaired) electrons. The molecule has 6 rings (SSSR count). The van der Waals surface area contributed by atoms with Gasteiger partial charge in [-0.15, -0.1) is 0 Å². The van der Waals surface area contributed by atoms with E-state index in [1.165, 1.54) is 64.5 Å². The van der Waals surface area contributed by atoms with E-state index in [2.05, 4.69) is 44.4 Å². The summed E-state index contributed by atoms with van der Waals surface area (Å²) >= 11 is 0. The third-order valence-corrected chi connectivity index (χ3v) is 8.92. The summed E-state index contributed by atoms with van der Waals surface area (Å²) in [5.41, 5.74) is 4.40. The quantitative estimate of drug-likeness (QED) is 0.453. The van der Waals surface area contributed by atoms with Crippen LogP contribution >= 0.6 is 0 Å². The van der Waals surface area contributed by atoms with Gasteiger partial charge in [-0.1, -0.05) is 56.0 Å². The van der Waals surface area contributed by atoms with Gasteiger partial charge in [-0.3, -0.25) is 9.69 Å². The number of carbonyl (C=O) groups is 1. The summed E-state index contributed by atoms with van der Waals surface area (Å²) < 4.78 is 0. The molecule has 0 bridgehead atoms. The van der Waals surface area contributed by atoms with Crippen molar-refractivity contribution in [1.82, 2.24) is 25.1 Å². The van der Waals surface area contributed by atoms with Gasteiger partial charge in [0.15, 0.2) is 5.65 Å². The van der Waals surface area contributed by atoms with Crippen LogP contribution in [0.15, 0.2) is 48.7 Å². The Morgan fingerprint density at radius 1 is 0.842 bits per heavy atom. The number of likely N-dealkylation sites (tertiary alicyclic amines) is 2. The van der Waals surface area contributed by atoms with Gasteiger partial charge in [0.25, 0.3) is 5.91 Å². The first kappa shape index (κ1) is 25.4. The molecule has 2 saturated heterocycles. The van der Waals surface area contributed by atoms with Gasteiger partial charge in [0.1, 0.15) is 0 Å². The SMILES string of the molecule is O=C(NC1CCCCC1)c1c(CN2CCC(N3CCCCC3)CC2)c(-c2ccccc2)nc2ncccc12. The lowest BCUT2D eigenvalue weighted by Gasteiger charge is -2.40. The zero-order valence-corrected chi connectivity index (χ0v) is 22.6. The van der Waals surface area contributed by atoms with E-state index in [1.807, 2.05) is 18.2 Å². The predicted octanol–water partition coefficient (Wildman–Crippen LogP) is 5.81. The molecule has 1 aliphatic carbocycles. The molecule has 1 amide bonds. The molecular formula is C32H41N5O. The molecule has 2 aliphatic heterocycles. The highest BCUT2D eigenvalue weighted by Crippen LogP contribution is 2.32. The van der Waals surface area contributed by atoms with Crippen LogP contribution in [0.2, 0.25) is 0 Å². The Bertz CT molecular complexity index is 1230. The first-order chi connectivity index (χ1) is 18.8. The molecule has 4 heterocycles. The van der Waals surface area contributed by atoms with Gasteiger partial charge < -0.3 is 10.2 Å². The number of carbonyl (C=O) groups excluding carboxylic acids is 1. The Hall–Kier alpha value is -2.83. The first-order valence-electron chi connectivity index (χ1n) is 14.9. The number of aromatic nitrogens is 2. The third-order valence-electron chi connectivity index (χ3n) is 8.92. The highest BCUT2D eigenvalue weighted by molar-refractivity contribution is 6.08. The third kappa shape index (κ3) is 5.62. The average molecular weight is 512 g/mol. The van der Waals surface area contributed by atoms with Crippen LogP contribution < -0.4 is 5.32 Å². The zero-order chi connectivity index (χ0) is 25.7. The van der Waals surface area contributed by atoms with E-state index >= 15 is 0 Å². The minimum atomic E-state index is 0.0349. The smallest absolute Gasteiger partial charge is 0.252 e. The van der Waals surface area contributed by atoms with E-state index in [9.17, 15) is 4.79 Å². The van der Waals surface area contributed by atoms with Crippen molar-refractivity contribution in [2.75, 3.05) is 26.2 Å². The molecule has 3 fully saturated rings. The summed E-state index contributed by atoms with van der Waals surface area (Å²) in [6, 6.07) is 15.2. The van der Waals surface area contributed by atoms with Crippen LogP contribution in [0, 0.1) is 0 Å². The maximum atomic E-state index is 14.0. The first-order valence-corrected chi connectivity index (χ1v) is 14.9. The molecule has 38 heavy (non-hydrogen) atoms. The molecule has 0 spiro atoms. The Kier molecular flexibility index (Phi) is 7.98. The number of piperidine rings is 2. The van der Waals surface area contributed by atoms with Crippen molar-refractivity contribution in [3.63, 3.8) is 0 Å². The van der Waals surface area contributed by atoms with Crippen molar-refractivity contribution < 1.29 is 4.79 Å². The second kappa shape index (κ2) is 11.9. The van der Waals surface area contributed by atoms with E-state index < -0.39 is 0 Å². The Morgan fingerprint density at radius 2 is 1.58 bits per heavy atom. The minimum absolute atomic E-state index is 0.0349. The molecule has 6 nitrogen and oxygen atoms in total. The van der Waals surface area contributed by atoms with Gasteiger partial charge in [-0.2, -0.15) is 0 Å². The summed E-state index contributed by atoms with van der Waals surface area (Å²) in [4.78, 5) is 29.0. The van der Waals surface area contributed by atoms with Crippen molar-refractivity contribution >= 4 is 16.9 Å². The maximum Gasteiger partial charge on any atom is 0.252 e. The fraction of sp³-hybridized carbons (Fsp3) is 0.531. The number of pyridine rings is 2. The van der Waals surface area contributed by atoms with Gasteiger partial charge in [0, 0.05) is 41.3 Å². The van der Waals surface area contributed by atoms with Crippen molar-refractivity contribution in [2.45, 2.75) is 82.8 Å². The molecule has 3 aromatic rings. The molecule has 0 unspecified atom stereocenters. The summed E-state index contributed by atoms with van der Waals surface area (Å²) in [5.74, 6) is 0.0349. The van der Waals surface area contributed by atoms with E-state index in [4.69, 9.17) is 4.98 Å². The maximum absolute atomic E-state index is 14.0. The number of amides is 1. The number of hydrogen-bond donors (Lipinski definition) is 1. The summed E-state index contributed by atoms with van der Waals surface area (Å²) in [5, 5.41) is 4.27. The highest BCUT2D eigenvalue weighted by atomic mass is 16.1. The van der Waals surface area contributed by atoms with Crippen molar-refractivity contribution in [3.05, 3.63) is 59.8 Å². The molecule has 2 aromatic heterocycles. The van der Waals surface area contributed by atoms with Crippen LogP contribution in [-0.4, -0.2) is 63.9 Å². The summed E-state index contributed by atoms with van der Waals surface area (Å²) in [7, 11) is 0. The molecule has 1 aromatic carbocycles. The largest absolute Gasteiger partial charge is 0.349 e. The number of rotatable bonds is 6. The number of fused-ring (bicyclic) bond motifs is 1. The van der Waals surface area contributed by atoms with Crippen LogP contribution in [0.25, 0.3) is 22.3 Å². The topological polar surface area (TPSA) is 61.4 Å². The second-order valence-electron chi connectivity index (χ2n) is 11.5. The van der Waals surface area contributed by atoms with Crippen LogP contribution in [0.3, 0.4) is 0 Å². The number of nitrogens with zero attached hydrogens (tertiary/aromatic N) is 4. The van der Waals surface area contributed by atoms with E-state index in [0.29, 0.717) is 11.7 Å². The minimum Gasteiger partial charge on any atom is -0.349 e. The van der Waals surface area contributed by atoms with Gasteiger partial charge in [-0.05, 0) is 76.8 Å². The second-order valence-corrected chi connectivity index (χ2v) is 11.5. The normalized spacial score (nSPS) is 20.5. The predicted molar refractivity (Wildman–Crippen MR) is 153 cm³/mol. The van der Waals surface area contributed by atoms with Crippen LogP contribution in [-0.2, 0) is 6.54 Å². The Morgan fingerprint density at radius 3 is 2.34 bits per heavy atom. The van der Waals surface area contributed by atoms with Crippen LogP contribution in [0.1, 0.15) is 80.1 Å². The highest BCUT2D eigenvalue weighted by Gasteiger charge is 2.29. The van der Waals surface area contributed by atoms with E-state index in [0.717, 1.165) is 60.2 Å². The molecule has 1 saturated carbocycles. The number of hydrogen-bond acceptors (Lipinski definition) is 5. The zero-order valence-electron chi connectivity index (χ0n) is 22.6. The van der Waals surface area contributed by atoms with E-state index in [1.54, 1.807) is 6.20 Å². The van der Waals surface area contributed by atoms with Gasteiger partial charge in [0.2, 0.25) is 0 Å². The number of nitrogens with one attached hydrogen (secondary N) is 1. The monoisotopic (exact) mass is 511 g/mol. The standard InChI is InChI=1S/C32H41N5O/c38-32(34-25-13-6-2-7-14-25)29-27-15-10-18-33-31(27)35-30(24-11-4-1-5-12-24)28(29)23-36-21-16-26(17-22-36)37-19-8-3-9-20-37/h1,4-5,10-12,15,18,25-26H,2-3,6-9,13-14,16-17,19-23H2,(H,34,38). The van der Waals surface area contributed by atoms with Crippen molar-refractivity contribution in [2.24, 2.45) is 0 Å². The molecule has 3 aliphatic rings. The molecule has 1 N–H and O–H groups in total. The lowest BCUT2D eigenvalue weighted by atomic mass is 9.93. The lowest BCUT2D eigenvalue weighted by Crippen LogP contribution is -2.46. The van der Waals surface area contributed by atoms with Crippen molar-refractivity contribution in [3.8, 4) is 11.3 Å². The van der Waals surface area contributed by atoms with Gasteiger partial charge in [-0.25, -0.2) is 9.97 Å². The summed E-state index contributed by atoms with van der Waals surface area (Å²) in [6.07, 6.45) is 14.0. The fourth-order valence-corrected chi connectivity index (χ4v) is 6.84. The number of benzene rings is 1. The molecule has 6 heteroatoms. The Balaban J connectivity index is 1.34. The lowest BCUT2D eigenvalue weighted by molar-refractivity contribution is 0.0881. The molecular weight excluding hydrogens is 470 g/mol. The summed E-state index contributed by atoms with van der Waals surface area (Å²) in [6.45, 7) is 5.38. The van der Waals surface area contributed by atoms with Gasteiger partial charge in [0.05, 0.1) is 11.3 Å². The van der Waals surface area contributed by atoms with E-state index in [-0.39, 0.29) is 11.9 Å². The average Bonchev–Trinajstić information content (AvgIpc) is 2.98. The van der Waals surface area contributed by atoms with Crippen molar-refractivity contribution in [1.29, 1.82) is 0 Å².